The SMILES string of the molecule is CN(C(=O)CSC1=N[C@@H]2[C@@H](N=N1)c1cc(Br)ccc1N2C)C1CCCCC1. The Hall–Kier alpha value is -1.41. The van der Waals surface area contributed by atoms with E-state index in [-0.39, 0.29) is 18.1 Å². The molecule has 1 aromatic rings. The zero-order valence-corrected chi connectivity index (χ0v) is 18.0. The number of fused-ring (bicyclic) bond motifs is 3. The summed E-state index contributed by atoms with van der Waals surface area (Å²) in [5, 5.41) is 9.41. The monoisotopic (exact) mass is 449 g/mol. The second-order valence-electron chi connectivity index (χ2n) is 7.38. The van der Waals surface area contributed by atoms with Crippen LogP contribution in [0, 0.1) is 0 Å². The van der Waals surface area contributed by atoms with E-state index in [0.717, 1.165) is 28.6 Å². The molecule has 1 fully saturated rings. The number of amidine groups is 1. The summed E-state index contributed by atoms with van der Waals surface area (Å²) in [7, 11) is 3.96. The standard InChI is InChI=1S/C19H24BrN5OS/c1-24(13-6-4-3-5-7-13)16(26)11-27-19-21-18-17(22-23-19)14-10-12(20)8-9-15(14)25(18)2/h8-10,13,17-18H,3-7,11H2,1-2H3/t17-,18-/m0/s1. The van der Waals surface area contributed by atoms with Crippen LogP contribution in [0.15, 0.2) is 37.9 Å². The van der Waals surface area contributed by atoms with Crippen LogP contribution in [-0.4, -0.2) is 48.0 Å². The van der Waals surface area contributed by atoms with Crippen molar-refractivity contribution in [2.24, 2.45) is 15.2 Å². The molecule has 0 N–H and O–H groups in total. The minimum atomic E-state index is -0.0829. The molecule has 1 saturated carbocycles. The number of aliphatic imine (C=N–C) groups is 1. The molecule has 0 aromatic heterocycles. The van der Waals surface area contributed by atoms with Crippen LogP contribution in [0.5, 0.6) is 0 Å². The van der Waals surface area contributed by atoms with E-state index < -0.39 is 0 Å². The van der Waals surface area contributed by atoms with Crippen LogP contribution in [0.3, 0.4) is 0 Å². The summed E-state index contributed by atoms with van der Waals surface area (Å²) < 4.78 is 1.03. The molecule has 0 saturated heterocycles. The third-order valence-electron chi connectivity index (χ3n) is 5.72. The van der Waals surface area contributed by atoms with Crippen LogP contribution in [0.2, 0.25) is 0 Å². The van der Waals surface area contributed by atoms with E-state index in [4.69, 9.17) is 4.99 Å². The molecule has 2 aliphatic heterocycles. The lowest BCUT2D eigenvalue weighted by Crippen LogP contribution is -2.39. The molecule has 0 radical (unpaired) electrons. The van der Waals surface area contributed by atoms with Crippen molar-refractivity contribution in [1.82, 2.24) is 4.90 Å². The molecule has 2 atom stereocenters. The Kier molecular flexibility index (Phi) is 5.55. The highest BCUT2D eigenvalue weighted by Crippen LogP contribution is 2.44. The third kappa shape index (κ3) is 3.78. The van der Waals surface area contributed by atoms with Gasteiger partial charge < -0.3 is 9.80 Å². The normalized spacial score (nSPS) is 24.4. The van der Waals surface area contributed by atoms with Crippen LogP contribution in [-0.2, 0) is 4.79 Å². The quantitative estimate of drug-likeness (QED) is 0.676. The Morgan fingerprint density at radius 3 is 2.89 bits per heavy atom. The van der Waals surface area contributed by atoms with Crippen molar-refractivity contribution in [3.8, 4) is 0 Å². The predicted molar refractivity (Wildman–Crippen MR) is 113 cm³/mol. The molecule has 0 unspecified atom stereocenters. The lowest BCUT2D eigenvalue weighted by Gasteiger charge is -2.31. The summed E-state index contributed by atoms with van der Waals surface area (Å²) in [5.41, 5.74) is 2.27. The first kappa shape index (κ1) is 18.9. The first-order chi connectivity index (χ1) is 13.0. The Bertz CT molecular complexity index is 792. The van der Waals surface area contributed by atoms with Gasteiger partial charge >= 0.3 is 0 Å². The van der Waals surface area contributed by atoms with Gasteiger partial charge in [-0.3, -0.25) is 4.79 Å². The molecular weight excluding hydrogens is 426 g/mol. The molecule has 144 valence electrons. The average molecular weight is 450 g/mol. The van der Waals surface area contributed by atoms with Gasteiger partial charge in [-0.1, -0.05) is 47.0 Å². The smallest absolute Gasteiger partial charge is 0.233 e. The Morgan fingerprint density at radius 2 is 2.11 bits per heavy atom. The number of rotatable bonds is 3. The molecular formula is C19H24BrN5OS. The molecule has 27 heavy (non-hydrogen) atoms. The van der Waals surface area contributed by atoms with E-state index >= 15 is 0 Å². The average Bonchev–Trinajstić information content (AvgIpc) is 2.97. The number of benzene rings is 1. The first-order valence-electron chi connectivity index (χ1n) is 9.44. The van der Waals surface area contributed by atoms with Gasteiger partial charge in [0, 0.05) is 35.9 Å². The van der Waals surface area contributed by atoms with Crippen molar-refractivity contribution in [3.05, 3.63) is 28.2 Å². The second kappa shape index (κ2) is 7.91. The van der Waals surface area contributed by atoms with E-state index in [1.165, 1.54) is 31.0 Å². The van der Waals surface area contributed by atoms with E-state index in [9.17, 15) is 4.79 Å². The van der Waals surface area contributed by atoms with Gasteiger partial charge in [0.2, 0.25) is 11.1 Å². The van der Waals surface area contributed by atoms with Crippen molar-refractivity contribution < 1.29 is 4.79 Å². The molecule has 3 aliphatic rings. The van der Waals surface area contributed by atoms with Gasteiger partial charge in [-0.25, -0.2) is 4.99 Å². The van der Waals surface area contributed by atoms with Crippen molar-refractivity contribution in [3.63, 3.8) is 0 Å². The number of hydrogen-bond acceptors (Lipinski definition) is 6. The number of amides is 1. The fraction of sp³-hybridized carbons (Fsp3) is 0.579. The van der Waals surface area contributed by atoms with Crippen molar-refractivity contribution >= 4 is 44.5 Å². The van der Waals surface area contributed by atoms with Gasteiger partial charge in [0.1, 0.15) is 6.04 Å². The molecule has 1 aromatic carbocycles. The summed E-state index contributed by atoms with van der Waals surface area (Å²) in [6.07, 6.45) is 5.90. The highest BCUT2D eigenvalue weighted by molar-refractivity contribution is 9.10. The van der Waals surface area contributed by atoms with E-state index in [2.05, 4.69) is 43.2 Å². The molecule has 2 heterocycles. The van der Waals surface area contributed by atoms with E-state index in [1.54, 1.807) is 0 Å². The van der Waals surface area contributed by atoms with Crippen LogP contribution in [0.4, 0.5) is 5.69 Å². The maximum atomic E-state index is 12.6. The van der Waals surface area contributed by atoms with Gasteiger partial charge in [-0.2, -0.15) is 5.11 Å². The zero-order chi connectivity index (χ0) is 19.0. The highest BCUT2D eigenvalue weighted by atomic mass is 79.9. The Morgan fingerprint density at radius 1 is 1.33 bits per heavy atom. The number of halogens is 1. The number of nitrogens with zero attached hydrogens (tertiary/aromatic N) is 5. The molecule has 0 spiro atoms. The first-order valence-corrected chi connectivity index (χ1v) is 11.2. The minimum absolute atomic E-state index is 0.0764. The van der Waals surface area contributed by atoms with Gasteiger partial charge in [0.05, 0.1) is 5.75 Å². The fourth-order valence-electron chi connectivity index (χ4n) is 4.09. The summed E-state index contributed by atoms with van der Waals surface area (Å²) >= 11 is 4.92. The molecule has 1 aliphatic carbocycles. The largest absolute Gasteiger partial charge is 0.350 e. The topological polar surface area (TPSA) is 60.6 Å². The molecule has 8 heteroatoms. The fourth-order valence-corrected chi connectivity index (χ4v) is 5.22. The van der Waals surface area contributed by atoms with Crippen molar-refractivity contribution in [2.75, 3.05) is 24.7 Å². The van der Waals surface area contributed by atoms with E-state index in [1.807, 2.05) is 25.1 Å². The van der Waals surface area contributed by atoms with Gasteiger partial charge in [0.15, 0.2) is 6.17 Å². The van der Waals surface area contributed by atoms with Gasteiger partial charge in [0.25, 0.3) is 0 Å². The van der Waals surface area contributed by atoms with E-state index in [0.29, 0.717) is 17.0 Å². The maximum absolute atomic E-state index is 12.6. The van der Waals surface area contributed by atoms with Crippen LogP contribution in [0.25, 0.3) is 0 Å². The van der Waals surface area contributed by atoms with Crippen molar-refractivity contribution in [1.29, 1.82) is 0 Å². The summed E-state index contributed by atoms with van der Waals surface area (Å²) in [5.74, 6) is 0.517. The number of likely N-dealkylation sites (N-methyl/N-ethyl adjacent to an activating group) is 1. The minimum Gasteiger partial charge on any atom is -0.350 e. The number of carbonyl (C=O) groups excluding carboxylic acids is 1. The number of anilines is 1. The van der Waals surface area contributed by atoms with Gasteiger partial charge in [-0.05, 0) is 31.0 Å². The Balaban J connectivity index is 1.39. The third-order valence-corrected chi connectivity index (χ3v) is 7.05. The number of carbonyl (C=O) groups is 1. The molecule has 6 nitrogen and oxygen atoms in total. The lowest BCUT2D eigenvalue weighted by molar-refractivity contribution is -0.129. The van der Waals surface area contributed by atoms with Crippen LogP contribution in [0.1, 0.15) is 43.7 Å². The predicted octanol–water partition coefficient (Wildman–Crippen LogP) is 4.61. The van der Waals surface area contributed by atoms with Crippen LogP contribution < -0.4 is 4.90 Å². The summed E-state index contributed by atoms with van der Waals surface area (Å²) in [4.78, 5) is 21.4. The second-order valence-corrected chi connectivity index (χ2v) is 9.24. The van der Waals surface area contributed by atoms with Crippen LogP contribution >= 0.6 is 27.7 Å². The van der Waals surface area contributed by atoms with Gasteiger partial charge in [-0.15, -0.1) is 5.11 Å². The lowest BCUT2D eigenvalue weighted by atomic mass is 9.94. The maximum Gasteiger partial charge on any atom is 0.233 e. The number of thioether (sulfide) groups is 1. The van der Waals surface area contributed by atoms with Crippen molar-refractivity contribution in [2.45, 2.75) is 50.4 Å². The zero-order valence-electron chi connectivity index (χ0n) is 15.6. The summed E-state index contributed by atoms with van der Waals surface area (Å²) in [6, 6.07) is 6.51. The number of azo groups is 1. The molecule has 4 rings (SSSR count). The number of hydrogen-bond donors (Lipinski definition) is 0. The molecule has 0 bridgehead atoms. The molecule has 1 amide bonds. The highest BCUT2D eigenvalue weighted by Gasteiger charge is 2.39. The Labute approximate surface area is 172 Å². The summed E-state index contributed by atoms with van der Waals surface area (Å²) in [6.45, 7) is 0.